The van der Waals surface area contributed by atoms with Crippen molar-refractivity contribution in [2.45, 2.75) is 13.3 Å². The summed E-state index contributed by atoms with van der Waals surface area (Å²) in [4.78, 5) is 25.2. The molecule has 0 bridgehead atoms. The number of benzene rings is 3. The molecule has 0 spiro atoms. The molecule has 148 valence electrons. The Hall–Kier alpha value is -3.60. The predicted molar refractivity (Wildman–Crippen MR) is 115 cm³/mol. The molecule has 3 rings (SSSR count). The fourth-order valence-corrected chi connectivity index (χ4v) is 3.09. The van der Waals surface area contributed by atoms with Crippen molar-refractivity contribution in [2.75, 3.05) is 19.0 Å². The molecule has 0 aromatic heterocycles. The Labute approximate surface area is 170 Å². The van der Waals surface area contributed by atoms with Crippen LogP contribution in [-0.4, -0.2) is 25.5 Å². The molecule has 0 unspecified atom stereocenters. The van der Waals surface area contributed by atoms with Crippen LogP contribution in [0.3, 0.4) is 0 Å². The van der Waals surface area contributed by atoms with Gasteiger partial charge in [-0.05, 0) is 49.2 Å². The van der Waals surface area contributed by atoms with Crippen molar-refractivity contribution in [3.05, 3.63) is 95.1 Å². The van der Waals surface area contributed by atoms with E-state index in [1.54, 1.807) is 37.4 Å². The van der Waals surface area contributed by atoms with E-state index in [0.717, 1.165) is 16.9 Å². The monoisotopic (exact) mass is 388 g/mol. The van der Waals surface area contributed by atoms with Crippen molar-refractivity contribution in [3.63, 3.8) is 0 Å². The number of aryl methyl sites for hydroxylation is 1. The van der Waals surface area contributed by atoms with Crippen LogP contribution in [0, 0.1) is 6.92 Å². The first kappa shape index (κ1) is 20.1. The van der Waals surface area contributed by atoms with Gasteiger partial charge in [0.2, 0.25) is 0 Å². The largest absolute Gasteiger partial charge is 0.496 e. The molecule has 0 aliphatic rings. The van der Waals surface area contributed by atoms with E-state index in [2.05, 4.69) is 10.6 Å². The summed E-state index contributed by atoms with van der Waals surface area (Å²) in [5.41, 5.74) is 3.48. The number of para-hydroxylation sites is 2. The van der Waals surface area contributed by atoms with Gasteiger partial charge in [-0.2, -0.15) is 0 Å². The summed E-state index contributed by atoms with van der Waals surface area (Å²) >= 11 is 0. The summed E-state index contributed by atoms with van der Waals surface area (Å²) in [5, 5.41) is 5.76. The van der Waals surface area contributed by atoms with E-state index in [1.165, 1.54) is 0 Å². The molecule has 0 fully saturated rings. The van der Waals surface area contributed by atoms with Gasteiger partial charge in [0.15, 0.2) is 0 Å². The van der Waals surface area contributed by atoms with Crippen LogP contribution in [0.15, 0.2) is 72.8 Å². The first-order valence-corrected chi connectivity index (χ1v) is 9.45. The van der Waals surface area contributed by atoms with Crippen LogP contribution in [0.1, 0.15) is 31.8 Å². The number of carbonyl (C=O) groups is 2. The molecule has 5 nitrogen and oxygen atoms in total. The lowest BCUT2D eigenvalue weighted by Crippen LogP contribution is -2.27. The SMILES string of the molecule is COc1ccccc1CCNC(=O)c1ccccc1NC(=O)c1cccc(C)c1. The van der Waals surface area contributed by atoms with Crippen LogP contribution in [0.5, 0.6) is 5.75 Å². The summed E-state index contributed by atoms with van der Waals surface area (Å²) in [5.74, 6) is 0.315. The third kappa shape index (κ3) is 5.23. The maximum atomic E-state index is 12.7. The van der Waals surface area contributed by atoms with Gasteiger partial charge in [-0.25, -0.2) is 0 Å². The zero-order chi connectivity index (χ0) is 20.6. The highest BCUT2D eigenvalue weighted by Gasteiger charge is 2.14. The van der Waals surface area contributed by atoms with Crippen LogP contribution >= 0.6 is 0 Å². The number of methoxy groups -OCH3 is 1. The van der Waals surface area contributed by atoms with Gasteiger partial charge < -0.3 is 15.4 Å². The second-order valence-electron chi connectivity index (χ2n) is 6.69. The minimum absolute atomic E-state index is 0.236. The van der Waals surface area contributed by atoms with E-state index < -0.39 is 0 Å². The Morgan fingerprint density at radius 1 is 0.897 bits per heavy atom. The molecule has 2 amide bonds. The molecule has 3 aromatic carbocycles. The zero-order valence-electron chi connectivity index (χ0n) is 16.6. The average molecular weight is 388 g/mol. The van der Waals surface area contributed by atoms with Crippen molar-refractivity contribution < 1.29 is 14.3 Å². The van der Waals surface area contributed by atoms with Crippen molar-refractivity contribution in [2.24, 2.45) is 0 Å². The molecule has 2 N–H and O–H groups in total. The highest BCUT2D eigenvalue weighted by atomic mass is 16.5. The van der Waals surface area contributed by atoms with Crippen LogP contribution < -0.4 is 15.4 Å². The summed E-state index contributed by atoms with van der Waals surface area (Å²) in [7, 11) is 1.63. The number of anilines is 1. The number of ether oxygens (including phenoxy) is 1. The lowest BCUT2D eigenvalue weighted by Gasteiger charge is -2.12. The highest BCUT2D eigenvalue weighted by molar-refractivity contribution is 6.09. The average Bonchev–Trinajstić information content (AvgIpc) is 2.74. The van der Waals surface area contributed by atoms with Crippen molar-refractivity contribution >= 4 is 17.5 Å². The lowest BCUT2D eigenvalue weighted by atomic mass is 10.1. The van der Waals surface area contributed by atoms with Gasteiger partial charge in [0.1, 0.15) is 5.75 Å². The van der Waals surface area contributed by atoms with Crippen LogP contribution in [-0.2, 0) is 6.42 Å². The van der Waals surface area contributed by atoms with Gasteiger partial charge in [-0.3, -0.25) is 9.59 Å². The second kappa shape index (κ2) is 9.55. The maximum absolute atomic E-state index is 12.7. The van der Waals surface area contributed by atoms with Gasteiger partial charge in [0, 0.05) is 12.1 Å². The minimum atomic E-state index is -0.247. The van der Waals surface area contributed by atoms with E-state index in [4.69, 9.17) is 4.74 Å². The van der Waals surface area contributed by atoms with Crippen LogP contribution in [0.25, 0.3) is 0 Å². The molecular formula is C24H24N2O3. The van der Waals surface area contributed by atoms with E-state index in [1.807, 2.05) is 49.4 Å². The highest BCUT2D eigenvalue weighted by Crippen LogP contribution is 2.19. The maximum Gasteiger partial charge on any atom is 0.255 e. The van der Waals surface area contributed by atoms with Gasteiger partial charge in [0.05, 0.1) is 18.4 Å². The Morgan fingerprint density at radius 2 is 1.66 bits per heavy atom. The van der Waals surface area contributed by atoms with E-state index in [-0.39, 0.29) is 11.8 Å². The van der Waals surface area contributed by atoms with Gasteiger partial charge in [-0.1, -0.05) is 48.0 Å². The Balaban J connectivity index is 1.66. The first-order chi connectivity index (χ1) is 14.1. The molecule has 0 saturated heterocycles. The molecule has 3 aromatic rings. The van der Waals surface area contributed by atoms with Crippen molar-refractivity contribution in [3.8, 4) is 5.75 Å². The topological polar surface area (TPSA) is 67.4 Å². The van der Waals surface area contributed by atoms with Crippen molar-refractivity contribution in [1.82, 2.24) is 5.32 Å². The fraction of sp³-hybridized carbons (Fsp3) is 0.167. The van der Waals surface area contributed by atoms with Crippen LogP contribution in [0.4, 0.5) is 5.69 Å². The van der Waals surface area contributed by atoms with Crippen molar-refractivity contribution in [1.29, 1.82) is 0 Å². The van der Waals surface area contributed by atoms with E-state index in [9.17, 15) is 9.59 Å². The summed E-state index contributed by atoms with van der Waals surface area (Å²) in [6.45, 7) is 2.39. The Kier molecular flexibility index (Phi) is 6.63. The molecule has 0 radical (unpaired) electrons. The molecule has 0 heterocycles. The molecule has 0 saturated carbocycles. The molecule has 29 heavy (non-hydrogen) atoms. The minimum Gasteiger partial charge on any atom is -0.496 e. The third-order valence-corrected chi connectivity index (χ3v) is 4.57. The quantitative estimate of drug-likeness (QED) is 0.637. The number of hydrogen-bond donors (Lipinski definition) is 2. The Bertz CT molecular complexity index is 1010. The first-order valence-electron chi connectivity index (χ1n) is 9.45. The standard InChI is InChI=1S/C24H24N2O3/c1-17-8-7-10-19(16-17)23(27)26-21-12-5-4-11-20(21)24(28)25-15-14-18-9-3-6-13-22(18)29-2/h3-13,16H,14-15H2,1-2H3,(H,25,28)(H,26,27). The Morgan fingerprint density at radius 3 is 2.45 bits per heavy atom. The molecular weight excluding hydrogens is 364 g/mol. The zero-order valence-corrected chi connectivity index (χ0v) is 16.6. The van der Waals surface area contributed by atoms with Gasteiger partial charge in [0.25, 0.3) is 11.8 Å². The second-order valence-corrected chi connectivity index (χ2v) is 6.69. The summed E-state index contributed by atoms with van der Waals surface area (Å²) < 4.78 is 5.34. The number of hydrogen-bond acceptors (Lipinski definition) is 3. The van der Waals surface area contributed by atoms with Gasteiger partial charge in [-0.15, -0.1) is 0 Å². The fourth-order valence-electron chi connectivity index (χ4n) is 3.09. The molecule has 0 atom stereocenters. The predicted octanol–water partition coefficient (Wildman–Crippen LogP) is 4.23. The number of carbonyl (C=O) groups excluding carboxylic acids is 2. The molecule has 0 aliphatic heterocycles. The summed E-state index contributed by atoms with van der Waals surface area (Å²) in [6, 6.07) is 22.0. The summed E-state index contributed by atoms with van der Waals surface area (Å²) in [6.07, 6.45) is 0.646. The van der Waals surface area contributed by atoms with Crippen LogP contribution in [0.2, 0.25) is 0 Å². The van der Waals surface area contributed by atoms with E-state index >= 15 is 0 Å². The third-order valence-electron chi connectivity index (χ3n) is 4.57. The van der Waals surface area contributed by atoms with E-state index in [0.29, 0.717) is 29.8 Å². The number of nitrogens with one attached hydrogen (secondary N) is 2. The number of amides is 2. The molecule has 0 aliphatic carbocycles. The lowest BCUT2D eigenvalue weighted by molar-refractivity contribution is 0.0955. The number of rotatable bonds is 7. The molecule has 5 heteroatoms. The normalized spacial score (nSPS) is 10.3. The smallest absolute Gasteiger partial charge is 0.255 e. The van der Waals surface area contributed by atoms with Gasteiger partial charge >= 0.3 is 0 Å².